The van der Waals surface area contributed by atoms with Crippen molar-refractivity contribution in [3.63, 3.8) is 0 Å². The Kier molecular flexibility index (Phi) is 8.43. The van der Waals surface area contributed by atoms with E-state index in [1.54, 1.807) is 38.5 Å². The molecule has 3 aromatic rings. The van der Waals surface area contributed by atoms with Crippen molar-refractivity contribution in [2.75, 3.05) is 32.1 Å². The number of ether oxygens (including phenoxy) is 2. The lowest BCUT2D eigenvalue weighted by atomic mass is 10.2. The molecule has 1 heterocycles. The Balaban J connectivity index is 1.64. The molecule has 35 heavy (non-hydrogen) atoms. The number of rotatable bonds is 10. The molecule has 0 radical (unpaired) electrons. The van der Waals surface area contributed by atoms with Gasteiger partial charge in [0, 0.05) is 24.0 Å². The Morgan fingerprint density at radius 2 is 1.80 bits per heavy atom. The summed E-state index contributed by atoms with van der Waals surface area (Å²) >= 11 is 1.20. The van der Waals surface area contributed by atoms with E-state index in [1.165, 1.54) is 21.7 Å². The zero-order chi connectivity index (χ0) is 25.6. The number of amides is 1. The maximum atomic E-state index is 12.7. The Bertz CT molecular complexity index is 1300. The smallest absolute Gasteiger partial charge is 0.342 e. The maximum Gasteiger partial charge on any atom is 0.342 e. The van der Waals surface area contributed by atoms with Crippen molar-refractivity contribution in [3.05, 3.63) is 53.4 Å². The lowest BCUT2D eigenvalue weighted by Gasteiger charge is -2.19. The molecule has 0 bridgehead atoms. The van der Waals surface area contributed by atoms with E-state index in [9.17, 15) is 23.1 Å². The van der Waals surface area contributed by atoms with Gasteiger partial charge in [0.25, 0.3) is 5.91 Å². The SMILES string of the molecule is CCN(CC)S(=O)(=O)c1ccc(O)c(C(=O)OCC(=O)Nc2nc(-c3ccc(OC)cc3)cs2)c1. The normalized spacial score (nSPS) is 11.3. The summed E-state index contributed by atoms with van der Waals surface area (Å²) in [5, 5.41) is 14.7. The van der Waals surface area contributed by atoms with Gasteiger partial charge in [-0.05, 0) is 42.5 Å². The van der Waals surface area contributed by atoms with E-state index in [0.717, 1.165) is 17.7 Å². The molecule has 2 aromatic carbocycles. The fraction of sp³-hybridized carbons (Fsp3) is 0.261. The summed E-state index contributed by atoms with van der Waals surface area (Å²) in [7, 11) is -2.28. The number of benzene rings is 2. The molecule has 186 valence electrons. The molecule has 1 amide bonds. The van der Waals surface area contributed by atoms with Crippen LogP contribution >= 0.6 is 11.3 Å². The quantitative estimate of drug-likeness (QED) is 0.389. The summed E-state index contributed by atoms with van der Waals surface area (Å²) in [5.41, 5.74) is 1.13. The average molecular weight is 520 g/mol. The fourth-order valence-electron chi connectivity index (χ4n) is 3.14. The first kappa shape index (κ1) is 26.1. The summed E-state index contributed by atoms with van der Waals surface area (Å²) in [5.74, 6) is -1.42. The molecule has 0 fully saturated rings. The Labute approximate surface area is 207 Å². The molecule has 0 atom stereocenters. The topological polar surface area (TPSA) is 135 Å². The van der Waals surface area contributed by atoms with E-state index >= 15 is 0 Å². The molecule has 0 unspecified atom stereocenters. The molecule has 12 heteroatoms. The number of methoxy groups -OCH3 is 1. The number of phenols is 1. The van der Waals surface area contributed by atoms with Crippen molar-refractivity contribution in [2.24, 2.45) is 0 Å². The second kappa shape index (κ2) is 11.3. The van der Waals surface area contributed by atoms with Gasteiger partial charge in [-0.25, -0.2) is 18.2 Å². The van der Waals surface area contributed by atoms with Crippen molar-refractivity contribution in [2.45, 2.75) is 18.7 Å². The summed E-state index contributed by atoms with van der Waals surface area (Å²) in [4.78, 5) is 28.9. The van der Waals surface area contributed by atoms with Crippen LogP contribution in [0.3, 0.4) is 0 Å². The second-order valence-corrected chi connectivity index (χ2v) is 9.96. The van der Waals surface area contributed by atoms with Crippen LogP contribution in [0.4, 0.5) is 5.13 Å². The number of esters is 1. The highest BCUT2D eigenvalue weighted by Crippen LogP contribution is 2.27. The number of thiazole rings is 1. The summed E-state index contributed by atoms with van der Waals surface area (Å²) < 4.78 is 36.7. The first-order chi connectivity index (χ1) is 16.7. The van der Waals surface area contributed by atoms with Crippen LogP contribution in [0.1, 0.15) is 24.2 Å². The summed E-state index contributed by atoms with van der Waals surface area (Å²) in [6.07, 6.45) is 0. The highest BCUT2D eigenvalue weighted by molar-refractivity contribution is 7.89. The Morgan fingerprint density at radius 1 is 1.11 bits per heavy atom. The lowest BCUT2D eigenvalue weighted by Crippen LogP contribution is -2.30. The van der Waals surface area contributed by atoms with Gasteiger partial charge < -0.3 is 14.6 Å². The van der Waals surface area contributed by atoms with Gasteiger partial charge in [0.05, 0.1) is 17.7 Å². The average Bonchev–Trinajstić information content (AvgIpc) is 3.31. The van der Waals surface area contributed by atoms with E-state index in [0.29, 0.717) is 16.6 Å². The minimum absolute atomic E-state index is 0.163. The van der Waals surface area contributed by atoms with Crippen LogP contribution in [0.2, 0.25) is 0 Å². The summed E-state index contributed by atoms with van der Waals surface area (Å²) in [6.45, 7) is 3.23. The number of nitrogens with zero attached hydrogens (tertiary/aromatic N) is 2. The fourth-order valence-corrected chi connectivity index (χ4v) is 5.36. The van der Waals surface area contributed by atoms with Gasteiger partial charge in [-0.1, -0.05) is 13.8 Å². The zero-order valence-corrected chi connectivity index (χ0v) is 21.0. The summed E-state index contributed by atoms with van der Waals surface area (Å²) in [6, 6.07) is 10.6. The minimum Gasteiger partial charge on any atom is -0.507 e. The molecule has 0 spiro atoms. The highest BCUT2D eigenvalue weighted by atomic mass is 32.2. The number of sulfonamides is 1. The molecule has 1 aromatic heterocycles. The van der Waals surface area contributed by atoms with Crippen LogP contribution < -0.4 is 10.1 Å². The van der Waals surface area contributed by atoms with Gasteiger partial charge >= 0.3 is 5.97 Å². The third-order valence-electron chi connectivity index (χ3n) is 5.00. The number of carbonyl (C=O) groups excluding carboxylic acids is 2. The van der Waals surface area contributed by atoms with E-state index in [4.69, 9.17) is 9.47 Å². The van der Waals surface area contributed by atoms with Gasteiger partial charge in [0.15, 0.2) is 11.7 Å². The van der Waals surface area contributed by atoms with Crippen LogP contribution in [0, 0.1) is 0 Å². The van der Waals surface area contributed by atoms with E-state index in [1.807, 2.05) is 12.1 Å². The van der Waals surface area contributed by atoms with Gasteiger partial charge in [-0.2, -0.15) is 4.31 Å². The molecular formula is C23H25N3O7S2. The highest BCUT2D eigenvalue weighted by Gasteiger charge is 2.25. The minimum atomic E-state index is -3.85. The lowest BCUT2D eigenvalue weighted by molar-refractivity contribution is -0.119. The molecule has 0 aliphatic heterocycles. The van der Waals surface area contributed by atoms with E-state index in [2.05, 4.69) is 10.3 Å². The van der Waals surface area contributed by atoms with Crippen molar-refractivity contribution in [1.82, 2.24) is 9.29 Å². The number of nitrogens with one attached hydrogen (secondary N) is 1. The van der Waals surface area contributed by atoms with Gasteiger partial charge in [0.1, 0.15) is 17.1 Å². The van der Waals surface area contributed by atoms with Crippen molar-refractivity contribution < 1.29 is 32.6 Å². The standard InChI is InChI=1S/C23H25N3O7S2/c1-4-26(5-2)35(30,31)17-10-11-20(27)18(12-17)22(29)33-13-21(28)25-23-24-19(14-34-23)15-6-8-16(32-3)9-7-15/h6-12,14,27H,4-5,13H2,1-3H3,(H,24,25,28). The van der Waals surface area contributed by atoms with E-state index in [-0.39, 0.29) is 23.5 Å². The Morgan fingerprint density at radius 3 is 2.43 bits per heavy atom. The predicted octanol–water partition coefficient (Wildman–Crippen LogP) is 3.35. The van der Waals surface area contributed by atoms with Crippen molar-refractivity contribution in [3.8, 4) is 22.8 Å². The zero-order valence-electron chi connectivity index (χ0n) is 19.3. The van der Waals surface area contributed by atoms with Crippen LogP contribution in [-0.2, 0) is 19.6 Å². The van der Waals surface area contributed by atoms with Crippen LogP contribution in [0.15, 0.2) is 52.7 Å². The molecular weight excluding hydrogens is 494 g/mol. The Hall–Kier alpha value is -3.48. The largest absolute Gasteiger partial charge is 0.507 e. The molecule has 0 aliphatic carbocycles. The van der Waals surface area contributed by atoms with E-state index < -0.39 is 34.3 Å². The van der Waals surface area contributed by atoms with Gasteiger partial charge in [-0.15, -0.1) is 11.3 Å². The molecule has 0 saturated heterocycles. The van der Waals surface area contributed by atoms with Crippen molar-refractivity contribution in [1.29, 1.82) is 0 Å². The number of aromatic hydroxyl groups is 1. The number of phenolic OH excluding ortho intramolecular Hbond substituents is 1. The van der Waals surface area contributed by atoms with Gasteiger partial charge in [-0.3, -0.25) is 10.1 Å². The maximum absolute atomic E-state index is 12.7. The number of anilines is 1. The van der Waals surface area contributed by atoms with Crippen LogP contribution in [0.25, 0.3) is 11.3 Å². The number of hydrogen-bond acceptors (Lipinski definition) is 9. The van der Waals surface area contributed by atoms with Crippen molar-refractivity contribution >= 4 is 38.4 Å². The monoisotopic (exact) mass is 519 g/mol. The first-order valence-corrected chi connectivity index (χ1v) is 12.9. The molecule has 0 aliphatic rings. The number of hydrogen-bond donors (Lipinski definition) is 2. The van der Waals surface area contributed by atoms with Crippen LogP contribution in [0.5, 0.6) is 11.5 Å². The molecule has 2 N–H and O–H groups in total. The third kappa shape index (κ3) is 6.15. The number of aromatic nitrogens is 1. The first-order valence-electron chi connectivity index (χ1n) is 10.6. The van der Waals surface area contributed by atoms with Gasteiger partial charge in [0.2, 0.25) is 10.0 Å². The molecule has 0 saturated carbocycles. The third-order valence-corrected chi connectivity index (χ3v) is 7.81. The van der Waals surface area contributed by atoms with Crippen LogP contribution in [-0.4, -0.2) is 61.5 Å². The molecule has 10 nitrogen and oxygen atoms in total. The predicted molar refractivity (Wildman–Crippen MR) is 131 cm³/mol. The second-order valence-electron chi connectivity index (χ2n) is 7.16. The molecule has 3 rings (SSSR count). The number of carbonyl (C=O) groups is 2.